The van der Waals surface area contributed by atoms with Gasteiger partial charge in [0.15, 0.2) is 0 Å². The molecule has 0 aliphatic heterocycles. The van der Waals surface area contributed by atoms with E-state index in [0.717, 1.165) is 6.42 Å². The molecule has 4 nitrogen and oxygen atoms in total. The van der Waals surface area contributed by atoms with Gasteiger partial charge < -0.3 is 15.0 Å². The Balaban J connectivity index is 2.41. The van der Waals surface area contributed by atoms with Gasteiger partial charge >= 0.3 is 0 Å². The lowest BCUT2D eigenvalue weighted by atomic mass is 9.75. The quantitative estimate of drug-likeness (QED) is 0.786. The summed E-state index contributed by atoms with van der Waals surface area (Å²) in [5.74, 6) is 1.90. The topological polar surface area (TPSA) is 41.6 Å². The molecule has 130 valence electrons. The molecule has 0 aromatic heterocycles. The third-order valence-corrected chi connectivity index (χ3v) is 5.32. The first-order valence-electron chi connectivity index (χ1n) is 8.69. The number of carbonyl (C=O) groups is 1. The molecule has 1 fully saturated rings. The summed E-state index contributed by atoms with van der Waals surface area (Å²) < 4.78 is 5.99. The Bertz CT molecular complexity index is 353. The maximum absolute atomic E-state index is 12.1. The molecule has 0 bridgehead atoms. The Hall–Kier alpha value is -0.610. The second kappa shape index (κ2) is 8.30. The summed E-state index contributed by atoms with van der Waals surface area (Å²) in [4.78, 5) is 14.2. The van der Waals surface area contributed by atoms with Crippen molar-refractivity contribution in [3.05, 3.63) is 0 Å². The van der Waals surface area contributed by atoms with E-state index < -0.39 is 0 Å². The van der Waals surface area contributed by atoms with Crippen LogP contribution in [0.25, 0.3) is 0 Å². The lowest BCUT2D eigenvalue weighted by Crippen LogP contribution is -2.49. The largest absolute Gasteiger partial charge is 0.368 e. The first-order valence-corrected chi connectivity index (χ1v) is 8.69. The van der Waals surface area contributed by atoms with Gasteiger partial charge in [0.05, 0.1) is 6.10 Å². The molecule has 4 heteroatoms. The molecular formula is C18H36N2O2. The summed E-state index contributed by atoms with van der Waals surface area (Å²) in [5.41, 5.74) is -0.0462. The first-order chi connectivity index (χ1) is 10.1. The molecule has 1 N–H and O–H groups in total. The SMILES string of the molecule is CC1CCC(C(C)C)C(OCC(=O)NCC(C)(C)N(C)C)C1. The number of rotatable bonds is 7. The molecular weight excluding hydrogens is 276 g/mol. The smallest absolute Gasteiger partial charge is 0.246 e. The van der Waals surface area contributed by atoms with E-state index in [1.807, 2.05) is 14.1 Å². The zero-order valence-electron chi connectivity index (χ0n) is 15.6. The molecule has 3 atom stereocenters. The summed E-state index contributed by atoms with van der Waals surface area (Å²) in [5, 5.41) is 2.99. The Kier molecular flexibility index (Phi) is 7.33. The molecule has 22 heavy (non-hydrogen) atoms. The van der Waals surface area contributed by atoms with Crippen molar-refractivity contribution in [2.24, 2.45) is 17.8 Å². The number of nitrogens with one attached hydrogen (secondary N) is 1. The van der Waals surface area contributed by atoms with Gasteiger partial charge in [0.1, 0.15) is 6.61 Å². The van der Waals surface area contributed by atoms with Gasteiger partial charge in [0.2, 0.25) is 5.91 Å². The molecule has 0 aromatic carbocycles. The van der Waals surface area contributed by atoms with Gasteiger partial charge in [-0.3, -0.25) is 4.79 Å². The summed E-state index contributed by atoms with van der Waals surface area (Å²) in [6.07, 6.45) is 3.82. The highest BCUT2D eigenvalue weighted by Gasteiger charge is 2.31. The van der Waals surface area contributed by atoms with Crippen molar-refractivity contribution in [1.82, 2.24) is 10.2 Å². The molecule has 1 saturated carbocycles. The highest BCUT2D eigenvalue weighted by Crippen LogP contribution is 2.35. The van der Waals surface area contributed by atoms with E-state index >= 15 is 0 Å². The number of ether oxygens (including phenoxy) is 1. The maximum atomic E-state index is 12.1. The molecule has 1 aliphatic carbocycles. The van der Waals surface area contributed by atoms with Crippen molar-refractivity contribution in [2.75, 3.05) is 27.2 Å². The van der Waals surface area contributed by atoms with E-state index in [-0.39, 0.29) is 24.2 Å². The summed E-state index contributed by atoms with van der Waals surface area (Å²) in [7, 11) is 4.05. The van der Waals surface area contributed by atoms with Gasteiger partial charge in [0, 0.05) is 12.1 Å². The zero-order chi connectivity index (χ0) is 16.9. The fourth-order valence-corrected chi connectivity index (χ4v) is 3.01. The normalized spacial score (nSPS) is 26.5. The Morgan fingerprint density at radius 1 is 1.32 bits per heavy atom. The summed E-state index contributed by atoms with van der Waals surface area (Å²) >= 11 is 0. The van der Waals surface area contributed by atoms with Crippen molar-refractivity contribution < 1.29 is 9.53 Å². The number of hydrogen-bond donors (Lipinski definition) is 1. The second-order valence-corrected chi connectivity index (χ2v) is 8.16. The van der Waals surface area contributed by atoms with E-state index in [1.54, 1.807) is 0 Å². The Morgan fingerprint density at radius 2 is 1.95 bits per heavy atom. The third kappa shape index (κ3) is 5.88. The minimum atomic E-state index is -0.0462. The summed E-state index contributed by atoms with van der Waals surface area (Å²) in [6, 6.07) is 0. The van der Waals surface area contributed by atoms with Crippen LogP contribution >= 0.6 is 0 Å². The van der Waals surface area contributed by atoms with Crippen LogP contribution in [0.15, 0.2) is 0 Å². The van der Waals surface area contributed by atoms with E-state index in [1.165, 1.54) is 12.8 Å². The van der Waals surface area contributed by atoms with Crippen LogP contribution in [0.1, 0.15) is 53.9 Å². The molecule has 0 heterocycles. The van der Waals surface area contributed by atoms with Gasteiger partial charge in [-0.25, -0.2) is 0 Å². The molecule has 3 unspecified atom stereocenters. The van der Waals surface area contributed by atoms with Gasteiger partial charge in [-0.05, 0) is 58.5 Å². The fourth-order valence-electron chi connectivity index (χ4n) is 3.01. The molecule has 1 rings (SSSR count). The minimum Gasteiger partial charge on any atom is -0.368 e. The Labute approximate surface area is 137 Å². The number of amides is 1. The van der Waals surface area contributed by atoms with Crippen LogP contribution in [0.5, 0.6) is 0 Å². The van der Waals surface area contributed by atoms with E-state index in [4.69, 9.17) is 4.74 Å². The van der Waals surface area contributed by atoms with Crippen LogP contribution in [-0.2, 0) is 9.53 Å². The standard InChI is InChI=1S/C18H36N2O2/c1-13(2)15-9-8-14(3)10-16(15)22-11-17(21)19-12-18(4,5)20(6)7/h13-16H,8-12H2,1-7H3,(H,19,21). The van der Waals surface area contributed by atoms with Crippen LogP contribution < -0.4 is 5.32 Å². The van der Waals surface area contributed by atoms with Crippen LogP contribution in [-0.4, -0.2) is 49.7 Å². The first kappa shape index (κ1) is 19.4. The average molecular weight is 312 g/mol. The van der Waals surface area contributed by atoms with Crippen LogP contribution in [0.2, 0.25) is 0 Å². The van der Waals surface area contributed by atoms with E-state index in [2.05, 4.69) is 44.8 Å². The molecule has 0 radical (unpaired) electrons. The fraction of sp³-hybridized carbons (Fsp3) is 0.944. The predicted molar refractivity (Wildman–Crippen MR) is 91.9 cm³/mol. The molecule has 0 spiro atoms. The molecule has 0 saturated heterocycles. The lowest BCUT2D eigenvalue weighted by molar-refractivity contribution is -0.131. The molecule has 1 aliphatic rings. The van der Waals surface area contributed by atoms with Crippen LogP contribution in [0.4, 0.5) is 0 Å². The highest BCUT2D eigenvalue weighted by atomic mass is 16.5. The monoisotopic (exact) mass is 312 g/mol. The van der Waals surface area contributed by atoms with Crippen molar-refractivity contribution in [3.8, 4) is 0 Å². The zero-order valence-corrected chi connectivity index (χ0v) is 15.6. The Morgan fingerprint density at radius 3 is 2.50 bits per heavy atom. The van der Waals surface area contributed by atoms with Crippen LogP contribution in [0, 0.1) is 17.8 Å². The van der Waals surface area contributed by atoms with E-state index in [9.17, 15) is 4.79 Å². The van der Waals surface area contributed by atoms with Gasteiger partial charge in [-0.2, -0.15) is 0 Å². The summed E-state index contributed by atoms with van der Waals surface area (Å²) in [6.45, 7) is 11.9. The predicted octanol–water partition coefficient (Wildman–Crippen LogP) is 2.92. The third-order valence-electron chi connectivity index (χ3n) is 5.32. The van der Waals surface area contributed by atoms with Crippen molar-refractivity contribution in [3.63, 3.8) is 0 Å². The second-order valence-electron chi connectivity index (χ2n) is 8.16. The number of carbonyl (C=O) groups excluding carboxylic acids is 1. The van der Waals surface area contributed by atoms with Gasteiger partial charge in [0.25, 0.3) is 0 Å². The van der Waals surface area contributed by atoms with Gasteiger partial charge in [-0.1, -0.05) is 27.2 Å². The van der Waals surface area contributed by atoms with Crippen molar-refractivity contribution in [1.29, 1.82) is 0 Å². The minimum absolute atomic E-state index is 0.00402. The average Bonchev–Trinajstić information content (AvgIpc) is 2.42. The highest BCUT2D eigenvalue weighted by molar-refractivity contribution is 5.77. The van der Waals surface area contributed by atoms with Crippen molar-refractivity contribution >= 4 is 5.91 Å². The lowest BCUT2D eigenvalue weighted by Gasteiger charge is -2.37. The molecule has 0 aromatic rings. The number of likely N-dealkylation sites (N-methyl/N-ethyl adjacent to an activating group) is 1. The van der Waals surface area contributed by atoms with E-state index in [0.29, 0.717) is 24.3 Å². The number of nitrogens with zero attached hydrogens (tertiary/aromatic N) is 1. The maximum Gasteiger partial charge on any atom is 0.246 e. The van der Waals surface area contributed by atoms with Gasteiger partial charge in [-0.15, -0.1) is 0 Å². The number of hydrogen-bond acceptors (Lipinski definition) is 3. The van der Waals surface area contributed by atoms with Crippen LogP contribution in [0.3, 0.4) is 0 Å². The van der Waals surface area contributed by atoms with Crippen molar-refractivity contribution in [2.45, 2.75) is 65.5 Å². The molecule has 1 amide bonds.